The maximum absolute atomic E-state index is 12.6. The fraction of sp³-hybridized carbons (Fsp3) is 0.611. The number of nitrogen functional groups attached to an aromatic ring is 1. The van der Waals surface area contributed by atoms with E-state index >= 15 is 0 Å². The fourth-order valence-corrected chi connectivity index (χ4v) is 3.87. The number of carbonyl (C=O) groups is 1. The van der Waals surface area contributed by atoms with E-state index in [1.54, 1.807) is 6.07 Å². The van der Waals surface area contributed by atoms with Gasteiger partial charge >= 0.3 is 0 Å². The quantitative estimate of drug-likeness (QED) is 0.850. The van der Waals surface area contributed by atoms with Crippen LogP contribution < -0.4 is 5.73 Å². The first-order valence-corrected chi connectivity index (χ1v) is 9.02. The third-order valence-electron chi connectivity index (χ3n) is 5.11. The minimum Gasteiger partial charge on any atom is -0.398 e. The lowest BCUT2D eigenvalue weighted by Crippen LogP contribution is -2.55. The second-order valence-electron chi connectivity index (χ2n) is 6.90. The normalized spacial score (nSPS) is 25.2. The first kappa shape index (κ1) is 17.5. The molecule has 2 saturated heterocycles. The van der Waals surface area contributed by atoms with E-state index in [-0.39, 0.29) is 18.1 Å². The number of nitrogens with zero attached hydrogens (tertiary/aromatic N) is 2. The first-order chi connectivity index (χ1) is 11.5. The predicted molar refractivity (Wildman–Crippen MR) is 96.0 cm³/mol. The predicted octanol–water partition coefficient (Wildman–Crippen LogP) is 2.44. The van der Waals surface area contributed by atoms with Crippen molar-refractivity contribution in [2.75, 3.05) is 32.0 Å². The lowest BCUT2D eigenvalue weighted by atomic mass is 10.0. The molecule has 2 fully saturated rings. The molecule has 1 unspecified atom stereocenters. The SMILES string of the molecule is Cc1c(N)cc(Cl)cc1CN1CCN(C(=O)C2CCCO2)[C@@H](C)C1. The average Bonchev–Trinajstić information content (AvgIpc) is 3.06. The Morgan fingerprint density at radius 1 is 1.42 bits per heavy atom. The second-order valence-corrected chi connectivity index (χ2v) is 7.33. The van der Waals surface area contributed by atoms with Crippen molar-refractivity contribution in [3.63, 3.8) is 0 Å². The van der Waals surface area contributed by atoms with Crippen molar-refractivity contribution in [2.24, 2.45) is 0 Å². The molecule has 6 heteroatoms. The molecule has 2 atom stereocenters. The zero-order chi connectivity index (χ0) is 17.3. The number of amides is 1. The molecule has 0 aromatic heterocycles. The molecule has 3 rings (SSSR count). The van der Waals surface area contributed by atoms with Crippen LogP contribution in [-0.2, 0) is 16.1 Å². The summed E-state index contributed by atoms with van der Waals surface area (Å²) in [5.74, 6) is 0.155. The number of hydrogen-bond acceptors (Lipinski definition) is 4. The molecule has 2 aliphatic heterocycles. The summed E-state index contributed by atoms with van der Waals surface area (Å²) in [5.41, 5.74) is 9.00. The molecule has 0 spiro atoms. The van der Waals surface area contributed by atoms with E-state index in [0.717, 1.165) is 55.8 Å². The number of piperazine rings is 1. The smallest absolute Gasteiger partial charge is 0.252 e. The van der Waals surface area contributed by atoms with Crippen molar-refractivity contribution in [3.05, 3.63) is 28.3 Å². The molecule has 1 amide bonds. The minimum absolute atomic E-state index is 0.155. The number of ether oxygens (including phenoxy) is 1. The molecule has 0 saturated carbocycles. The molecule has 0 radical (unpaired) electrons. The van der Waals surface area contributed by atoms with Crippen LogP contribution in [0.2, 0.25) is 5.02 Å². The van der Waals surface area contributed by atoms with E-state index in [0.29, 0.717) is 11.6 Å². The molecule has 1 aromatic carbocycles. The van der Waals surface area contributed by atoms with Gasteiger partial charge in [0, 0.05) is 49.5 Å². The number of carbonyl (C=O) groups excluding carboxylic acids is 1. The second kappa shape index (κ2) is 7.30. The monoisotopic (exact) mass is 351 g/mol. The highest BCUT2D eigenvalue weighted by molar-refractivity contribution is 6.31. The summed E-state index contributed by atoms with van der Waals surface area (Å²) in [4.78, 5) is 16.9. The topological polar surface area (TPSA) is 58.8 Å². The van der Waals surface area contributed by atoms with Crippen LogP contribution in [0, 0.1) is 6.92 Å². The van der Waals surface area contributed by atoms with Crippen LogP contribution in [0.4, 0.5) is 5.69 Å². The molecular weight excluding hydrogens is 326 g/mol. The Morgan fingerprint density at radius 3 is 2.88 bits per heavy atom. The van der Waals surface area contributed by atoms with Gasteiger partial charge in [-0.3, -0.25) is 9.69 Å². The number of halogens is 1. The van der Waals surface area contributed by atoms with Crippen molar-refractivity contribution in [1.82, 2.24) is 9.80 Å². The zero-order valence-electron chi connectivity index (χ0n) is 14.4. The number of anilines is 1. The van der Waals surface area contributed by atoms with Gasteiger partial charge in [-0.25, -0.2) is 0 Å². The molecule has 1 aromatic rings. The lowest BCUT2D eigenvalue weighted by Gasteiger charge is -2.41. The van der Waals surface area contributed by atoms with Crippen LogP contribution in [0.25, 0.3) is 0 Å². The summed E-state index contributed by atoms with van der Waals surface area (Å²) in [6, 6.07) is 3.97. The van der Waals surface area contributed by atoms with E-state index in [9.17, 15) is 4.79 Å². The molecule has 2 N–H and O–H groups in total. The molecule has 5 nitrogen and oxygen atoms in total. The number of hydrogen-bond donors (Lipinski definition) is 1. The summed E-state index contributed by atoms with van der Waals surface area (Å²) in [7, 11) is 0. The molecule has 0 aliphatic carbocycles. The van der Waals surface area contributed by atoms with Crippen molar-refractivity contribution in [3.8, 4) is 0 Å². The number of nitrogens with two attached hydrogens (primary N) is 1. The van der Waals surface area contributed by atoms with E-state index in [1.165, 1.54) is 0 Å². The Morgan fingerprint density at radius 2 is 2.21 bits per heavy atom. The van der Waals surface area contributed by atoms with Gasteiger partial charge in [-0.05, 0) is 49.9 Å². The van der Waals surface area contributed by atoms with Gasteiger partial charge in [-0.1, -0.05) is 11.6 Å². The maximum Gasteiger partial charge on any atom is 0.252 e. The maximum atomic E-state index is 12.6. The summed E-state index contributed by atoms with van der Waals surface area (Å²) in [6.07, 6.45) is 1.61. The minimum atomic E-state index is -0.228. The molecule has 2 aliphatic rings. The van der Waals surface area contributed by atoms with E-state index in [2.05, 4.69) is 11.8 Å². The largest absolute Gasteiger partial charge is 0.398 e. The number of rotatable bonds is 3. The number of benzene rings is 1. The standard InChI is InChI=1S/C18H26ClN3O2/c1-12-10-21(11-14-8-15(19)9-16(20)13(14)2)5-6-22(12)18(23)17-4-3-7-24-17/h8-9,12,17H,3-7,10-11,20H2,1-2H3/t12-,17?/m0/s1. The van der Waals surface area contributed by atoms with E-state index in [1.807, 2.05) is 17.9 Å². The average molecular weight is 352 g/mol. The Bertz CT molecular complexity index is 617. The lowest BCUT2D eigenvalue weighted by molar-refractivity contribution is -0.145. The highest BCUT2D eigenvalue weighted by Gasteiger charge is 2.33. The van der Waals surface area contributed by atoms with Crippen molar-refractivity contribution in [2.45, 2.75) is 45.4 Å². The van der Waals surface area contributed by atoms with Gasteiger partial charge in [-0.15, -0.1) is 0 Å². The highest BCUT2D eigenvalue weighted by Crippen LogP contribution is 2.25. The summed E-state index contributed by atoms with van der Waals surface area (Å²) >= 11 is 6.14. The van der Waals surface area contributed by atoms with Crippen molar-refractivity contribution >= 4 is 23.2 Å². The Hall–Kier alpha value is -1.30. The van der Waals surface area contributed by atoms with Crippen molar-refractivity contribution < 1.29 is 9.53 Å². The summed E-state index contributed by atoms with van der Waals surface area (Å²) in [6.45, 7) is 8.11. The van der Waals surface area contributed by atoms with Gasteiger partial charge in [0.15, 0.2) is 0 Å². The highest BCUT2D eigenvalue weighted by atomic mass is 35.5. The Labute approximate surface area is 148 Å². The van der Waals surface area contributed by atoms with Gasteiger partial charge < -0.3 is 15.4 Å². The van der Waals surface area contributed by atoms with Crippen LogP contribution in [0.1, 0.15) is 30.9 Å². The van der Waals surface area contributed by atoms with Crippen LogP contribution in [0.5, 0.6) is 0 Å². The molecule has 132 valence electrons. The third-order valence-corrected chi connectivity index (χ3v) is 5.33. The Balaban J connectivity index is 1.62. The molecule has 2 heterocycles. The first-order valence-electron chi connectivity index (χ1n) is 8.64. The van der Waals surface area contributed by atoms with Crippen LogP contribution in [0.15, 0.2) is 12.1 Å². The van der Waals surface area contributed by atoms with Crippen LogP contribution in [0.3, 0.4) is 0 Å². The molecule has 24 heavy (non-hydrogen) atoms. The summed E-state index contributed by atoms with van der Waals surface area (Å²) in [5, 5.41) is 0.674. The zero-order valence-corrected chi connectivity index (χ0v) is 15.2. The van der Waals surface area contributed by atoms with Gasteiger partial charge in [0.05, 0.1) is 0 Å². The van der Waals surface area contributed by atoms with Gasteiger partial charge in [0.2, 0.25) is 0 Å². The van der Waals surface area contributed by atoms with Crippen LogP contribution in [-0.4, -0.2) is 54.1 Å². The van der Waals surface area contributed by atoms with Gasteiger partial charge in [0.1, 0.15) is 6.10 Å². The Kier molecular flexibility index (Phi) is 5.33. The summed E-state index contributed by atoms with van der Waals surface area (Å²) < 4.78 is 5.55. The van der Waals surface area contributed by atoms with Crippen molar-refractivity contribution in [1.29, 1.82) is 0 Å². The molecular formula is C18H26ClN3O2. The molecule has 0 bridgehead atoms. The van der Waals surface area contributed by atoms with E-state index < -0.39 is 0 Å². The fourth-order valence-electron chi connectivity index (χ4n) is 3.63. The third kappa shape index (κ3) is 3.68. The van der Waals surface area contributed by atoms with Crippen LogP contribution >= 0.6 is 11.6 Å². The van der Waals surface area contributed by atoms with Gasteiger partial charge in [-0.2, -0.15) is 0 Å². The van der Waals surface area contributed by atoms with Gasteiger partial charge in [0.25, 0.3) is 5.91 Å². The van der Waals surface area contributed by atoms with E-state index in [4.69, 9.17) is 22.1 Å².